The quantitative estimate of drug-likeness (QED) is 0.579. The molecular weight excluding hydrogens is 436 g/mol. The van der Waals surface area contributed by atoms with E-state index in [9.17, 15) is 18.0 Å². The molecule has 0 spiro atoms. The van der Waals surface area contributed by atoms with Gasteiger partial charge in [0.05, 0.1) is 36.5 Å². The molecule has 0 radical (unpaired) electrons. The number of carbonyl (C=O) groups is 2. The lowest BCUT2D eigenvalue weighted by molar-refractivity contribution is -0.143. The largest absolute Gasteiger partial charge is 0.495 e. The molecule has 1 heterocycles. The van der Waals surface area contributed by atoms with Crippen molar-refractivity contribution in [3.63, 3.8) is 0 Å². The molecule has 0 saturated carbocycles. The number of esters is 1. The van der Waals surface area contributed by atoms with Crippen molar-refractivity contribution in [3.8, 4) is 5.75 Å². The number of ether oxygens (including phenoxy) is 3. The normalized spacial score (nSPS) is 15.0. The number of morpholine rings is 1. The molecule has 0 bridgehead atoms. The van der Waals surface area contributed by atoms with Crippen LogP contribution in [0, 0.1) is 0 Å². The van der Waals surface area contributed by atoms with E-state index >= 15 is 0 Å². The fourth-order valence-corrected chi connectivity index (χ4v) is 4.47. The second kappa shape index (κ2) is 10.0. The van der Waals surface area contributed by atoms with E-state index in [4.69, 9.17) is 14.2 Å². The number of nitrogens with zero attached hydrogens (tertiary/aromatic N) is 2. The molecular formula is C22H26N2O7S. The molecule has 0 aliphatic carbocycles. The smallest absolute Gasteiger partial charge is 0.338 e. The van der Waals surface area contributed by atoms with Gasteiger partial charge < -0.3 is 19.1 Å². The first-order valence-corrected chi connectivity index (χ1v) is 11.5. The van der Waals surface area contributed by atoms with E-state index in [1.807, 2.05) is 0 Å². The van der Waals surface area contributed by atoms with Gasteiger partial charge in [-0.1, -0.05) is 12.1 Å². The fraction of sp³-hybridized carbons (Fsp3) is 0.364. The maximum atomic E-state index is 13.0. The minimum atomic E-state index is -3.89. The zero-order valence-corrected chi connectivity index (χ0v) is 19.0. The predicted octanol–water partition coefficient (Wildman–Crippen LogP) is 1.92. The van der Waals surface area contributed by atoms with Crippen LogP contribution in [0.15, 0.2) is 53.4 Å². The zero-order valence-electron chi connectivity index (χ0n) is 18.2. The van der Waals surface area contributed by atoms with Crippen LogP contribution < -0.4 is 9.04 Å². The van der Waals surface area contributed by atoms with Crippen LogP contribution in [0.5, 0.6) is 5.75 Å². The van der Waals surface area contributed by atoms with Gasteiger partial charge in [0.1, 0.15) is 5.75 Å². The van der Waals surface area contributed by atoms with Crippen LogP contribution in [0.4, 0.5) is 5.69 Å². The summed E-state index contributed by atoms with van der Waals surface area (Å²) in [7, 11) is -1.00. The molecule has 2 aromatic carbocycles. The number of para-hydroxylation sites is 2. The summed E-state index contributed by atoms with van der Waals surface area (Å²) in [5.74, 6) is -0.585. The van der Waals surface area contributed by atoms with Gasteiger partial charge in [0, 0.05) is 20.1 Å². The molecule has 32 heavy (non-hydrogen) atoms. The minimum Gasteiger partial charge on any atom is -0.495 e. The van der Waals surface area contributed by atoms with Crippen molar-refractivity contribution >= 4 is 27.6 Å². The molecule has 10 heteroatoms. The molecule has 0 N–H and O–H groups in total. The summed E-state index contributed by atoms with van der Waals surface area (Å²) in [5.41, 5.74) is 0.527. The lowest BCUT2D eigenvalue weighted by atomic mass is 10.2. The molecule has 3 rings (SSSR count). The first-order chi connectivity index (χ1) is 15.3. The second-order valence-corrected chi connectivity index (χ2v) is 9.12. The molecule has 172 valence electrons. The highest BCUT2D eigenvalue weighted by Gasteiger charge is 2.27. The highest BCUT2D eigenvalue weighted by atomic mass is 32.2. The Morgan fingerprint density at radius 2 is 1.69 bits per heavy atom. The lowest BCUT2D eigenvalue weighted by Crippen LogP contribution is -2.46. The Balaban J connectivity index is 1.70. The van der Waals surface area contributed by atoms with Gasteiger partial charge in [-0.25, -0.2) is 13.2 Å². The van der Waals surface area contributed by atoms with E-state index in [0.717, 1.165) is 4.31 Å². The third-order valence-electron chi connectivity index (χ3n) is 5.13. The Morgan fingerprint density at radius 3 is 2.31 bits per heavy atom. The average Bonchev–Trinajstić information content (AvgIpc) is 2.83. The van der Waals surface area contributed by atoms with E-state index in [0.29, 0.717) is 37.7 Å². The van der Waals surface area contributed by atoms with Gasteiger partial charge in [0.15, 0.2) is 6.10 Å². The van der Waals surface area contributed by atoms with Crippen LogP contribution >= 0.6 is 0 Å². The summed E-state index contributed by atoms with van der Waals surface area (Å²) < 4.78 is 42.9. The molecule has 1 aliphatic rings. The Bertz CT molecular complexity index is 1060. The van der Waals surface area contributed by atoms with Gasteiger partial charge in [-0.15, -0.1) is 0 Å². The Labute approximate surface area is 187 Å². The van der Waals surface area contributed by atoms with Gasteiger partial charge in [-0.05, 0) is 43.3 Å². The number of methoxy groups -OCH3 is 1. The van der Waals surface area contributed by atoms with Gasteiger partial charge in [0.2, 0.25) is 0 Å². The number of carbonyl (C=O) groups excluding carboxylic acids is 2. The summed E-state index contributed by atoms with van der Waals surface area (Å²) in [4.78, 5) is 26.4. The molecule has 2 aromatic rings. The fourth-order valence-electron chi connectivity index (χ4n) is 3.26. The maximum Gasteiger partial charge on any atom is 0.338 e. The van der Waals surface area contributed by atoms with Crippen molar-refractivity contribution in [1.29, 1.82) is 0 Å². The molecule has 1 unspecified atom stereocenters. The van der Waals surface area contributed by atoms with Crippen LogP contribution in [0.3, 0.4) is 0 Å². The minimum absolute atomic E-state index is 0.0000947. The summed E-state index contributed by atoms with van der Waals surface area (Å²) in [6.07, 6.45) is -0.958. The highest BCUT2D eigenvalue weighted by Crippen LogP contribution is 2.30. The second-order valence-electron chi connectivity index (χ2n) is 7.15. The van der Waals surface area contributed by atoms with E-state index in [-0.39, 0.29) is 16.4 Å². The topological polar surface area (TPSA) is 102 Å². The third kappa shape index (κ3) is 5.03. The van der Waals surface area contributed by atoms with E-state index < -0.39 is 22.1 Å². The summed E-state index contributed by atoms with van der Waals surface area (Å²) in [5, 5.41) is 0. The van der Waals surface area contributed by atoms with Crippen LogP contribution in [0.2, 0.25) is 0 Å². The van der Waals surface area contributed by atoms with Gasteiger partial charge >= 0.3 is 5.97 Å². The van der Waals surface area contributed by atoms with E-state index in [2.05, 4.69) is 0 Å². The third-order valence-corrected chi connectivity index (χ3v) is 6.91. The van der Waals surface area contributed by atoms with Crippen LogP contribution in [0.1, 0.15) is 17.3 Å². The number of amides is 1. The van der Waals surface area contributed by atoms with Crippen molar-refractivity contribution in [2.45, 2.75) is 17.9 Å². The van der Waals surface area contributed by atoms with Crippen LogP contribution in [-0.2, 0) is 24.3 Å². The summed E-state index contributed by atoms with van der Waals surface area (Å²) in [6, 6.07) is 12.1. The number of rotatable bonds is 7. The lowest BCUT2D eigenvalue weighted by Gasteiger charge is -2.28. The molecule has 1 atom stereocenters. The SMILES string of the molecule is COc1ccccc1N(C)S(=O)(=O)c1ccc(C(=O)OC(C)C(=O)N2CCOCC2)cc1. The number of hydrogen-bond acceptors (Lipinski definition) is 7. The maximum absolute atomic E-state index is 13.0. The number of sulfonamides is 1. The molecule has 9 nitrogen and oxygen atoms in total. The van der Waals surface area contributed by atoms with E-state index in [1.165, 1.54) is 45.3 Å². The van der Waals surface area contributed by atoms with Crippen molar-refractivity contribution in [3.05, 3.63) is 54.1 Å². The molecule has 1 saturated heterocycles. The van der Waals surface area contributed by atoms with Gasteiger partial charge in [-0.3, -0.25) is 9.10 Å². The number of benzene rings is 2. The standard InChI is InChI=1S/C22H26N2O7S/c1-16(21(25)24-12-14-30-15-13-24)31-22(26)17-8-10-18(11-9-17)32(27,28)23(2)19-6-4-5-7-20(19)29-3/h4-11,16H,12-15H2,1-3H3. The first kappa shape index (κ1) is 23.6. The van der Waals surface area contributed by atoms with Crippen molar-refractivity contribution in [2.75, 3.05) is 44.8 Å². The van der Waals surface area contributed by atoms with Crippen molar-refractivity contribution in [1.82, 2.24) is 4.90 Å². The Morgan fingerprint density at radius 1 is 1.06 bits per heavy atom. The number of hydrogen-bond donors (Lipinski definition) is 0. The molecule has 1 aliphatic heterocycles. The Kier molecular flexibility index (Phi) is 7.37. The Hall–Kier alpha value is -3.11. The van der Waals surface area contributed by atoms with Crippen LogP contribution in [-0.4, -0.2) is 71.8 Å². The zero-order chi connectivity index (χ0) is 23.3. The van der Waals surface area contributed by atoms with Crippen molar-refractivity contribution < 1.29 is 32.2 Å². The predicted molar refractivity (Wildman–Crippen MR) is 117 cm³/mol. The molecule has 0 aromatic heterocycles. The highest BCUT2D eigenvalue weighted by molar-refractivity contribution is 7.92. The van der Waals surface area contributed by atoms with Crippen LogP contribution in [0.25, 0.3) is 0 Å². The summed E-state index contributed by atoms with van der Waals surface area (Å²) in [6.45, 7) is 3.31. The van der Waals surface area contributed by atoms with E-state index in [1.54, 1.807) is 29.2 Å². The molecule has 1 amide bonds. The first-order valence-electron chi connectivity index (χ1n) is 10.0. The summed E-state index contributed by atoms with van der Waals surface area (Å²) >= 11 is 0. The van der Waals surface area contributed by atoms with Gasteiger partial charge in [0.25, 0.3) is 15.9 Å². The van der Waals surface area contributed by atoms with Gasteiger partial charge in [-0.2, -0.15) is 0 Å². The average molecular weight is 463 g/mol. The molecule has 1 fully saturated rings. The number of anilines is 1. The monoisotopic (exact) mass is 462 g/mol. The van der Waals surface area contributed by atoms with Crippen molar-refractivity contribution in [2.24, 2.45) is 0 Å².